The molecule has 0 fully saturated rings. The first-order chi connectivity index (χ1) is 13.6. The Kier molecular flexibility index (Phi) is 7.45. The van der Waals surface area contributed by atoms with Gasteiger partial charge in [-0.1, -0.05) is 61.2 Å². The monoisotopic (exact) mass is 411 g/mol. The molecule has 2 aromatic carbocycles. The van der Waals surface area contributed by atoms with Gasteiger partial charge in [0.1, 0.15) is 0 Å². The van der Waals surface area contributed by atoms with Gasteiger partial charge in [0.05, 0.1) is 12.3 Å². The van der Waals surface area contributed by atoms with Crippen LogP contribution < -0.4 is 16.1 Å². The maximum Gasteiger partial charge on any atom is 0.187 e. The molecule has 5 nitrogen and oxygen atoms in total. The normalized spacial score (nSPS) is 16.4. The largest absolute Gasteiger partial charge is 0.357 e. The van der Waals surface area contributed by atoms with Crippen LogP contribution in [0.3, 0.4) is 0 Å². The van der Waals surface area contributed by atoms with Crippen LogP contribution in [0.2, 0.25) is 0 Å². The summed E-state index contributed by atoms with van der Waals surface area (Å²) in [6.07, 6.45) is 1.14. The summed E-state index contributed by atoms with van der Waals surface area (Å²) < 4.78 is 0. The number of aliphatic imine (C=N–C) groups is 1. The van der Waals surface area contributed by atoms with Crippen molar-refractivity contribution < 1.29 is 0 Å². The number of thioether (sulfide) groups is 1. The smallest absolute Gasteiger partial charge is 0.187 e. The number of thiocarbonyl (C=S) groups is 1. The third-order valence-corrected chi connectivity index (χ3v) is 5.85. The highest BCUT2D eigenvalue weighted by atomic mass is 32.2. The highest BCUT2D eigenvalue weighted by molar-refractivity contribution is 8.15. The summed E-state index contributed by atoms with van der Waals surface area (Å²) in [4.78, 5) is 4.54. The molecule has 0 radical (unpaired) electrons. The Bertz CT molecular complexity index is 847. The highest BCUT2D eigenvalue weighted by Gasteiger charge is 2.17. The summed E-state index contributed by atoms with van der Waals surface area (Å²) in [7, 11) is 0. The van der Waals surface area contributed by atoms with Crippen LogP contribution in [-0.2, 0) is 6.54 Å². The lowest BCUT2D eigenvalue weighted by Gasteiger charge is -2.09. The number of hydrogen-bond donors (Lipinski definition) is 3. The van der Waals surface area contributed by atoms with Gasteiger partial charge < -0.3 is 10.6 Å². The topological polar surface area (TPSA) is 60.8 Å². The molecule has 3 rings (SSSR count). The zero-order chi connectivity index (χ0) is 19.8. The SMILES string of the molecule is CC[C@H]1CN=C(Nc2ccc(/C(C)=N\NC(=S)NCc3ccccc3)cc2)S1. The Balaban J connectivity index is 1.48. The third-order valence-electron chi connectivity index (χ3n) is 4.35. The van der Waals surface area contributed by atoms with E-state index in [9.17, 15) is 0 Å². The summed E-state index contributed by atoms with van der Waals surface area (Å²) in [6.45, 7) is 5.72. The maximum absolute atomic E-state index is 5.29. The molecule has 7 heteroatoms. The summed E-state index contributed by atoms with van der Waals surface area (Å²) in [5.74, 6) is 0. The van der Waals surface area contributed by atoms with Crippen molar-refractivity contribution >= 4 is 45.7 Å². The van der Waals surface area contributed by atoms with Crippen molar-refractivity contribution in [3.63, 3.8) is 0 Å². The molecule has 0 amide bonds. The Morgan fingerprint density at radius 2 is 1.93 bits per heavy atom. The van der Waals surface area contributed by atoms with Crippen LogP contribution in [0.15, 0.2) is 64.7 Å². The first-order valence-corrected chi connectivity index (χ1v) is 10.6. The second-order valence-corrected chi connectivity index (χ2v) is 8.17. The third kappa shape index (κ3) is 6.07. The summed E-state index contributed by atoms with van der Waals surface area (Å²) >= 11 is 7.10. The van der Waals surface area contributed by atoms with Crippen molar-refractivity contribution in [1.29, 1.82) is 0 Å². The molecule has 0 spiro atoms. The molecule has 0 bridgehead atoms. The van der Waals surface area contributed by atoms with Crippen LogP contribution in [0.1, 0.15) is 31.4 Å². The number of nitrogens with zero attached hydrogens (tertiary/aromatic N) is 2. The van der Waals surface area contributed by atoms with Gasteiger partial charge in [-0.2, -0.15) is 5.10 Å². The van der Waals surface area contributed by atoms with Crippen molar-refractivity contribution in [3.05, 3.63) is 65.7 Å². The van der Waals surface area contributed by atoms with Crippen LogP contribution in [-0.4, -0.2) is 27.8 Å². The second kappa shape index (κ2) is 10.2. The minimum Gasteiger partial charge on any atom is -0.357 e. The minimum absolute atomic E-state index is 0.503. The van der Waals surface area contributed by atoms with E-state index in [4.69, 9.17) is 12.2 Å². The fraction of sp³-hybridized carbons (Fsp3) is 0.286. The number of benzene rings is 2. The van der Waals surface area contributed by atoms with E-state index in [2.05, 4.69) is 45.2 Å². The molecule has 146 valence electrons. The van der Waals surface area contributed by atoms with Crippen molar-refractivity contribution in [3.8, 4) is 0 Å². The average Bonchev–Trinajstić information content (AvgIpc) is 3.19. The van der Waals surface area contributed by atoms with E-state index in [1.807, 2.05) is 61.2 Å². The molecule has 3 N–H and O–H groups in total. The predicted molar refractivity (Wildman–Crippen MR) is 125 cm³/mol. The Morgan fingerprint density at radius 3 is 2.61 bits per heavy atom. The molecule has 2 aromatic rings. The lowest BCUT2D eigenvalue weighted by molar-refractivity contribution is 0.843. The minimum atomic E-state index is 0.503. The Hall–Kier alpha value is -2.38. The van der Waals surface area contributed by atoms with E-state index in [1.165, 1.54) is 5.56 Å². The second-order valence-electron chi connectivity index (χ2n) is 6.47. The fourth-order valence-electron chi connectivity index (χ4n) is 2.63. The van der Waals surface area contributed by atoms with E-state index in [0.717, 1.165) is 35.1 Å². The van der Waals surface area contributed by atoms with Gasteiger partial charge in [0.2, 0.25) is 0 Å². The molecule has 0 saturated heterocycles. The number of amidine groups is 1. The molecule has 1 aliphatic rings. The molecule has 0 aromatic heterocycles. The van der Waals surface area contributed by atoms with Gasteiger partial charge in [0, 0.05) is 17.5 Å². The first kappa shape index (κ1) is 20.4. The molecule has 28 heavy (non-hydrogen) atoms. The van der Waals surface area contributed by atoms with E-state index in [1.54, 1.807) is 0 Å². The zero-order valence-electron chi connectivity index (χ0n) is 16.1. The number of hydrazone groups is 1. The van der Waals surface area contributed by atoms with Gasteiger partial charge in [-0.3, -0.25) is 10.4 Å². The Morgan fingerprint density at radius 1 is 1.18 bits per heavy atom. The van der Waals surface area contributed by atoms with Crippen LogP contribution in [0.5, 0.6) is 0 Å². The molecule has 0 saturated carbocycles. The van der Waals surface area contributed by atoms with E-state index in [0.29, 0.717) is 16.9 Å². The van der Waals surface area contributed by atoms with Crippen LogP contribution in [0.25, 0.3) is 0 Å². The summed E-state index contributed by atoms with van der Waals surface area (Å²) in [5, 5.41) is 13.0. The summed E-state index contributed by atoms with van der Waals surface area (Å²) in [5.41, 5.74) is 7.02. The van der Waals surface area contributed by atoms with Gasteiger partial charge in [0.15, 0.2) is 10.3 Å². The lowest BCUT2D eigenvalue weighted by atomic mass is 10.1. The molecule has 1 heterocycles. The maximum atomic E-state index is 5.29. The summed E-state index contributed by atoms with van der Waals surface area (Å²) in [6, 6.07) is 18.3. The van der Waals surface area contributed by atoms with Crippen LogP contribution >= 0.6 is 24.0 Å². The van der Waals surface area contributed by atoms with Crippen molar-refractivity contribution in [2.45, 2.75) is 32.1 Å². The molecule has 1 aliphatic heterocycles. The van der Waals surface area contributed by atoms with Crippen molar-refractivity contribution in [2.75, 3.05) is 11.9 Å². The number of hydrogen-bond acceptors (Lipinski definition) is 5. The van der Waals surface area contributed by atoms with Crippen LogP contribution in [0, 0.1) is 0 Å². The first-order valence-electron chi connectivity index (χ1n) is 9.34. The quantitative estimate of drug-likeness (QED) is 0.374. The predicted octanol–water partition coefficient (Wildman–Crippen LogP) is 4.37. The van der Waals surface area contributed by atoms with Crippen molar-refractivity contribution in [1.82, 2.24) is 10.7 Å². The van der Waals surface area contributed by atoms with Gasteiger partial charge in [-0.05, 0) is 48.8 Å². The van der Waals surface area contributed by atoms with Gasteiger partial charge in [-0.15, -0.1) is 0 Å². The van der Waals surface area contributed by atoms with E-state index < -0.39 is 0 Å². The number of nitrogens with one attached hydrogen (secondary N) is 3. The van der Waals surface area contributed by atoms with E-state index >= 15 is 0 Å². The standard InChI is InChI=1S/C21H25N5S2/c1-3-19-14-23-21(28-19)24-18-11-9-17(10-12-18)15(2)25-26-20(27)22-13-16-7-5-4-6-8-16/h4-12,19H,3,13-14H2,1-2H3,(H,23,24)(H2,22,26,27)/b25-15-/t19-/m0/s1. The van der Waals surface area contributed by atoms with Crippen LogP contribution in [0.4, 0.5) is 5.69 Å². The van der Waals surface area contributed by atoms with E-state index in [-0.39, 0.29) is 0 Å². The molecule has 0 unspecified atom stereocenters. The fourth-order valence-corrected chi connectivity index (χ4v) is 3.71. The molecular weight excluding hydrogens is 386 g/mol. The lowest BCUT2D eigenvalue weighted by Crippen LogP contribution is -2.32. The number of anilines is 1. The van der Waals surface area contributed by atoms with Gasteiger partial charge in [0.25, 0.3) is 0 Å². The molecule has 1 atom stereocenters. The molecular formula is C21H25N5S2. The Labute approximate surface area is 176 Å². The van der Waals surface area contributed by atoms with Gasteiger partial charge in [-0.25, -0.2) is 0 Å². The van der Waals surface area contributed by atoms with Crippen molar-refractivity contribution in [2.24, 2.45) is 10.1 Å². The number of rotatable bonds is 6. The zero-order valence-corrected chi connectivity index (χ0v) is 17.7. The highest BCUT2D eigenvalue weighted by Crippen LogP contribution is 2.24. The van der Waals surface area contributed by atoms with Gasteiger partial charge >= 0.3 is 0 Å². The molecule has 0 aliphatic carbocycles. The average molecular weight is 412 g/mol.